The van der Waals surface area contributed by atoms with Gasteiger partial charge in [0.1, 0.15) is 9.86 Å². The van der Waals surface area contributed by atoms with Gasteiger partial charge in [0.15, 0.2) is 0 Å². The zero-order valence-corrected chi connectivity index (χ0v) is 8.70. The fraction of sp³-hybridized carbons (Fsp3) is 0.375. The van der Waals surface area contributed by atoms with Crippen LogP contribution in [0.4, 0.5) is 0 Å². The number of rotatable bonds is 2. The number of pyridine rings is 1. The molecule has 1 rings (SSSR count). The molecule has 0 aromatic carbocycles. The summed E-state index contributed by atoms with van der Waals surface area (Å²) in [5.74, 6) is 0.840. The summed E-state index contributed by atoms with van der Waals surface area (Å²) in [7, 11) is 0. The van der Waals surface area contributed by atoms with Gasteiger partial charge in [-0.25, -0.2) is 0 Å². The van der Waals surface area contributed by atoms with Crippen LogP contribution >= 0.6 is 22.6 Å². The second kappa shape index (κ2) is 3.90. The predicted octanol–water partition coefficient (Wildman–Crippen LogP) is 2.55. The predicted molar refractivity (Wildman–Crippen MR) is 53.1 cm³/mol. The number of alkyl halides is 1. The molecule has 1 aromatic heterocycles. The largest absolute Gasteiger partial charge is 0.479 e. The summed E-state index contributed by atoms with van der Waals surface area (Å²) >= 11 is 2.21. The van der Waals surface area contributed by atoms with Crippen molar-refractivity contribution in [1.29, 1.82) is 0 Å². The zero-order chi connectivity index (χ0) is 8.27. The number of nitrogens with zero attached hydrogens (tertiary/aromatic N) is 1. The second-order valence-electron chi connectivity index (χ2n) is 2.36. The summed E-state index contributed by atoms with van der Waals surface area (Å²) in [6, 6.07) is 1.97. The minimum atomic E-state index is 0.191. The summed E-state index contributed by atoms with van der Waals surface area (Å²) in [6.45, 7) is 3.99. The molecule has 0 spiro atoms. The number of aryl methyl sites for hydroxylation is 1. The second-order valence-corrected chi connectivity index (χ2v) is 4.11. The van der Waals surface area contributed by atoms with E-state index >= 15 is 0 Å². The minimum Gasteiger partial charge on any atom is -0.479 e. The molecule has 2 nitrogen and oxygen atoms in total. The lowest BCUT2D eigenvalue weighted by Gasteiger charge is -2.07. The van der Waals surface area contributed by atoms with Crippen molar-refractivity contribution in [2.75, 3.05) is 0 Å². The highest BCUT2D eigenvalue weighted by molar-refractivity contribution is 14.1. The number of hydrogen-bond acceptors (Lipinski definition) is 2. The molecule has 60 valence electrons. The van der Waals surface area contributed by atoms with E-state index in [2.05, 4.69) is 27.6 Å². The van der Waals surface area contributed by atoms with E-state index in [9.17, 15) is 0 Å². The monoisotopic (exact) mass is 263 g/mol. The Kier molecular flexibility index (Phi) is 3.11. The summed E-state index contributed by atoms with van der Waals surface area (Å²) in [4.78, 5) is 4.01. The maximum absolute atomic E-state index is 5.42. The molecule has 1 aromatic rings. The van der Waals surface area contributed by atoms with Crippen molar-refractivity contribution in [3.05, 3.63) is 24.0 Å². The van der Waals surface area contributed by atoms with Gasteiger partial charge in [0.05, 0.1) is 6.20 Å². The molecule has 0 fully saturated rings. The Morgan fingerprint density at radius 3 is 2.82 bits per heavy atom. The van der Waals surface area contributed by atoms with E-state index in [0.29, 0.717) is 0 Å². The van der Waals surface area contributed by atoms with Crippen LogP contribution in [0, 0.1) is 6.92 Å². The average Bonchev–Trinajstić information content (AvgIpc) is 1.85. The Morgan fingerprint density at radius 1 is 1.55 bits per heavy atom. The van der Waals surface area contributed by atoms with Crippen LogP contribution in [0.2, 0.25) is 0 Å². The van der Waals surface area contributed by atoms with Crippen molar-refractivity contribution < 1.29 is 4.74 Å². The molecule has 0 aliphatic rings. The lowest BCUT2D eigenvalue weighted by Crippen LogP contribution is -2.01. The molecule has 0 bridgehead atoms. The fourth-order valence-corrected chi connectivity index (χ4v) is 1.07. The highest BCUT2D eigenvalue weighted by Gasteiger charge is 1.97. The Hall–Kier alpha value is -0.320. The van der Waals surface area contributed by atoms with Gasteiger partial charge in [0.25, 0.3) is 0 Å². The molecule has 0 saturated carbocycles. The highest BCUT2D eigenvalue weighted by atomic mass is 127. The normalized spacial score (nSPS) is 12.6. The van der Waals surface area contributed by atoms with Crippen molar-refractivity contribution in [1.82, 2.24) is 4.98 Å². The molecule has 0 aliphatic heterocycles. The molecule has 0 amide bonds. The number of halogens is 1. The first-order valence-corrected chi connectivity index (χ1v) is 4.65. The zero-order valence-electron chi connectivity index (χ0n) is 6.54. The summed E-state index contributed by atoms with van der Waals surface area (Å²) in [5.41, 5.74) is 1.12. The van der Waals surface area contributed by atoms with Crippen LogP contribution in [0.15, 0.2) is 18.5 Å². The molecule has 0 N–H and O–H groups in total. The third-order valence-corrected chi connectivity index (χ3v) is 1.40. The van der Waals surface area contributed by atoms with Gasteiger partial charge >= 0.3 is 0 Å². The first kappa shape index (κ1) is 8.77. The van der Waals surface area contributed by atoms with Crippen molar-refractivity contribution >= 4 is 22.6 Å². The molecule has 1 unspecified atom stereocenters. The van der Waals surface area contributed by atoms with Crippen LogP contribution in [0.25, 0.3) is 0 Å². The molecule has 1 atom stereocenters. The lowest BCUT2D eigenvalue weighted by atomic mass is 10.3. The third kappa shape index (κ3) is 3.05. The standard InChI is InChI=1S/C8H10INO/c1-6-3-8(5-10-4-6)11-7(2)9/h3-5,7H,1-2H3. The van der Waals surface area contributed by atoms with Gasteiger partial charge < -0.3 is 4.74 Å². The van der Waals surface area contributed by atoms with Gasteiger partial charge in [-0.1, -0.05) is 0 Å². The fourth-order valence-electron chi connectivity index (χ4n) is 0.779. The molecular formula is C8H10INO. The maximum Gasteiger partial charge on any atom is 0.146 e. The topological polar surface area (TPSA) is 22.1 Å². The van der Waals surface area contributed by atoms with Crippen LogP contribution in [0.5, 0.6) is 5.75 Å². The van der Waals surface area contributed by atoms with Crippen molar-refractivity contribution in [2.45, 2.75) is 18.0 Å². The van der Waals surface area contributed by atoms with Gasteiger partial charge in [0, 0.05) is 6.20 Å². The van der Waals surface area contributed by atoms with Crippen molar-refractivity contribution in [3.63, 3.8) is 0 Å². The summed E-state index contributed by atoms with van der Waals surface area (Å²) < 4.78 is 5.61. The number of hydrogen-bond donors (Lipinski definition) is 0. The van der Waals surface area contributed by atoms with E-state index in [1.807, 2.05) is 26.1 Å². The smallest absolute Gasteiger partial charge is 0.146 e. The van der Waals surface area contributed by atoms with Gasteiger partial charge in [-0.2, -0.15) is 0 Å². The Balaban J connectivity index is 2.71. The average molecular weight is 263 g/mol. The van der Waals surface area contributed by atoms with Gasteiger partial charge in [-0.05, 0) is 48.1 Å². The molecular weight excluding hydrogens is 253 g/mol. The molecule has 0 radical (unpaired) electrons. The van der Waals surface area contributed by atoms with Crippen molar-refractivity contribution in [2.24, 2.45) is 0 Å². The lowest BCUT2D eigenvalue weighted by molar-refractivity contribution is 0.321. The van der Waals surface area contributed by atoms with Crippen LogP contribution in [-0.4, -0.2) is 9.09 Å². The van der Waals surface area contributed by atoms with E-state index < -0.39 is 0 Å². The number of aromatic nitrogens is 1. The molecule has 11 heavy (non-hydrogen) atoms. The Labute approximate surface area is 80.1 Å². The Bertz CT molecular complexity index is 237. The van der Waals surface area contributed by atoms with Crippen LogP contribution < -0.4 is 4.74 Å². The third-order valence-electron chi connectivity index (χ3n) is 1.15. The van der Waals surface area contributed by atoms with Gasteiger partial charge in [0.2, 0.25) is 0 Å². The highest BCUT2D eigenvalue weighted by Crippen LogP contribution is 2.14. The van der Waals surface area contributed by atoms with Gasteiger partial charge in [-0.15, -0.1) is 0 Å². The Morgan fingerprint density at radius 2 is 2.27 bits per heavy atom. The van der Waals surface area contributed by atoms with E-state index in [4.69, 9.17) is 4.74 Å². The first-order chi connectivity index (χ1) is 5.18. The van der Waals surface area contributed by atoms with Crippen LogP contribution in [-0.2, 0) is 0 Å². The molecule has 0 saturated heterocycles. The first-order valence-electron chi connectivity index (χ1n) is 3.41. The van der Waals surface area contributed by atoms with Gasteiger partial charge in [-0.3, -0.25) is 4.98 Å². The molecule has 1 heterocycles. The quantitative estimate of drug-likeness (QED) is 0.604. The number of ether oxygens (including phenoxy) is 1. The van der Waals surface area contributed by atoms with Crippen molar-refractivity contribution in [3.8, 4) is 5.75 Å². The van der Waals surface area contributed by atoms with E-state index in [0.717, 1.165) is 11.3 Å². The molecule has 0 aliphatic carbocycles. The van der Waals surface area contributed by atoms with E-state index in [-0.39, 0.29) is 4.11 Å². The van der Waals surface area contributed by atoms with Crippen LogP contribution in [0.1, 0.15) is 12.5 Å². The molecule has 3 heteroatoms. The minimum absolute atomic E-state index is 0.191. The maximum atomic E-state index is 5.42. The van der Waals surface area contributed by atoms with Crippen LogP contribution in [0.3, 0.4) is 0 Å². The summed E-state index contributed by atoms with van der Waals surface area (Å²) in [6.07, 6.45) is 3.53. The van der Waals surface area contributed by atoms with E-state index in [1.165, 1.54) is 0 Å². The van der Waals surface area contributed by atoms with E-state index in [1.54, 1.807) is 6.20 Å². The summed E-state index contributed by atoms with van der Waals surface area (Å²) in [5, 5.41) is 0. The SMILES string of the molecule is Cc1cncc(OC(C)I)c1.